The highest BCUT2D eigenvalue weighted by molar-refractivity contribution is 7.88. The van der Waals surface area contributed by atoms with Gasteiger partial charge in [-0.1, -0.05) is 12.1 Å². The summed E-state index contributed by atoms with van der Waals surface area (Å²) in [6.45, 7) is 0.770. The van der Waals surface area contributed by atoms with E-state index >= 15 is 0 Å². The number of ether oxygens (including phenoxy) is 1. The molecule has 0 aliphatic carbocycles. The van der Waals surface area contributed by atoms with Gasteiger partial charge in [-0.25, -0.2) is 12.7 Å². The predicted molar refractivity (Wildman–Crippen MR) is 94.9 cm³/mol. The van der Waals surface area contributed by atoms with Gasteiger partial charge in [-0.3, -0.25) is 9.59 Å². The van der Waals surface area contributed by atoms with E-state index in [-0.39, 0.29) is 18.4 Å². The zero-order chi connectivity index (χ0) is 18.9. The molecule has 0 saturated carbocycles. The van der Waals surface area contributed by atoms with Crippen molar-refractivity contribution in [3.63, 3.8) is 0 Å². The van der Waals surface area contributed by atoms with Crippen LogP contribution >= 0.6 is 0 Å². The predicted octanol–water partition coefficient (Wildman–Crippen LogP) is -0.148. The minimum Gasteiger partial charge on any atom is -0.497 e. The Morgan fingerprint density at radius 1 is 1.46 bits per heavy atom. The van der Waals surface area contributed by atoms with E-state index < -0.39 is 21.5 Å². The number of nitrogens with one attached hydrogen (secondary N) is 2. The van der Waals surface area contributed by atoms with E-state index in [9.17, 15) is 18.0 Å². The molecule has 2 aliphatic heterocycles. The molecule has 2 heterocycles. The van der Waals surface area contributed by atoms with Crippen molar-refractivity contribution in [1.29, 1.82) is 0 Å². The van der Waals surface area contributed by atoms with Gasteiger partial charge < -0.3 is 15.4 Å². The number of rotatable bonds is 5. The van der Waals surface area contributed by atoms with Crippen molar-refractivity contribution in [2.45, 2.75) is 25.4 Å². The van der Waals surface area contributed by atoms with Crippen LogP contribution in [-0.4, -0.2) is 57.0 Å². The molecule has 0 bridgehead atoms. The van der Waals surface area contributed by atoms with Crippen LogP contribution < -0.4 is 15.4 Å². The number of carbonyl (C=O) groups is 2. The molecule has 2 N–H and O–H groups in total. The molecular weight excluding hydrogens is 358 g/mol. The Labute approximate surface area is 152 Å². The highest BCUT2D eigenvalue weighted by Crippen LogP contribution is 2.40. The summed E-state index contributed by atoms with van der Waals surface area (Å²) in [5.74, 6) is 0.192. The Kier molecular flexibility index (Phi) is 4.94. The van der Waals surface area contributed by atoms with Crippen LogP contribution in [-0.2, 0) is 26.2 Å². The number of hydrogen-bond acceptors (Lipinski definition) is 5. The minimum absolute atomic E-state index is 0.136. The molecule has 26 heavy (non-hydrogen) atoms. The van der Waals surface area contributed by atoms with Gasteiger partial charge in [0.25, 0.3) is 0 Å². The topological polar surface area (TPSA) is 105 Å². The van der Waals surface area contributed by atoms with E-state index in [4.69, 9.17) is 4.74 Å². The second-order valence-corrected chi connectivity index (χ2v) is 8.91. The number of methoxy groups -OCH3 is 1. The molecule has 142 valence electrons. The lowest BCUT2D eigenvalue weighted by Gasteiger charge is -2.20. The molecule has 2 saturated heterocycles. The average Bonchev–Trinajstić information content (AvgIpc) is 3.18. The maximum atomic E-state index is 12.4. The summed E-state index contributed by atoms with van der Waals surface area (Å²) in [6.07, 6.45) is 1.88. The Bertz CT molecular complexity index is 825. The summed E-state index contributed by atoms with van der Waals surface area (Å²) in [7, 11) is -1.76. The summed E-state index contributed by atoms with van der Waals surface area (Å²) in [6, 6.07) is 6.71. The number of benzene rings is 1. The van der Waals surface area contributed by atoms with Crippen molar-refractivity contribution >= 4 is 21.8 Å². The number of nitrogens with zero attached hydrogens (tertiary/aromatic N) is 1. The molecule has 0 unspecified atom stereocenters. The summed E-state index contributed by atoms with van der Waals surface area (Å²) in [5.41, 5.74) is 0.0852. The lowest BCUT2D eigenvalue weighted by atomic mass is 9.84. The standard InChI is InChI=1S/C17H23N3O5S/c1-25-13-5-3-4-12(8-13)10-18-15(21)14-9-17(16(22)19-14)6-7-20(11-17)26(2,23)24/h3-5,8,14H,6-7,9-11H2,1-2H3,(H,18,21)(H,19,22)/t14-,17-/m0/s1. The average molecular weight is 381 g/mol. The summed E-state index contributed by atoms with van der Waals surface area (Å²) in [5, 5.41) is 5.54. The van der Waals surface area contributed by atoms with E-state index in [2.05, 4.69) is 10.6 Å². The Morgan fingerprint density at radius 2 is 2.23 bits per heavy atom. The monoisotopic (exact) mass is 381 g/mol. The highest BCUT2D eigenvalue weighted by atomic mass is 32.2. The highest BCUT2D eigenvalue weighted by Gasteiger charge is 2.53. The molecule has 2 fully saturated rings. The minimum atomic E-state index is -3.34. The Hall–Kier alpha value is -2.13. The molecule has 8 nitrogen and oxygen atoms in total. The third kappa shape index (κ3) is 3.68. The first kappa shape index (κ1) is 18.7. The molecular formula is C17H23N3O5S. The van der Waals surface area contributed by atoms with E-state index in [1.54, 1.807) is 7.11 Å². The van der Waals surface area contributed by atoms with Gasteiger partial charge in [0.15, 0.2) is 0 Å². The normalized spacial score (nSPS) is 26.1. The van der Waals surface area contributed by atoms with Crippen LogP contribution in [0.3, 0.4) is 0 Å². The van der Waals surface area contributed by atoms with Crippen LogP contribution in [0.2, 0.25) is 0 Å². The molecule has 2 amide bonds. The quantitative estimate of drug-likeness (QED) is 0.738. The van der Waals surface area contributed by atoms with E-state index in [0.29, 0.717) is 31.7 Å². The van der Waals surface area contributed by atoms with Crippen LogP contribution in [0.15, 0.2) is 24.3 Å². The number of hydrogen-bond donors (Lipinski definition) is 2. The van der Waals surface area contributed by atoms with Crippen molar-refractivity contribution in [3.8, 4) is 5.75 Å². The number of amides is 2. The molecule has 9 heteroatoms. The van der Waals surface area contributed by atoms with Gasteiger partial charge in [0.05, 0.1) is 18.8 Å². The molecule has 2 atom stereocenters. The van der Waals surface area contributed by atoms with Crippen molar-refractivity contribution in [2.24, 2.45) is 5.41 Å². The van der Waals surface area contributed by atoms with Gasteiger partial charge in [0.2, 0.25) is 21.8 Å². The molecule has 0 aromatic heterocycles. The van der Waals surface area contributed by atoms with E-state index in [1.807, 2.05) is 24.3 Å². The van der Waals surface area contributed by atoms with Crippen molar-refractivity contribution < 1.29 is 22.7 Å². The lowest BCUT2D eigenvalue weighted by Crippen LogP contribution is -2.41. The van der Waals surface area contributed by atoms with E-state index in [0.717, 1.165) is 11.8 Å². The second-order valence-electron chi connectivity index (χ2n) is 6.93. The van der Waals surface area contributed by atoms with Gasteiger partial charge in [-0.15, -0.1) is 0 Å². The van der Waals surface area contributed by atoms with Crippen LogP contribution in [0.4, 0.5) is 0 Å². The molecule has 2 aliphatic rings. The first-order valence-electron chi connectivity index (χ1n) is 8.40. The maximum absolute atomic E-state index is 12.4. The Morgan fingerprint density at radius 3 is 2.88 bits per heavy atom. The van der Waals surface area contributed by atoms with Gasteiger partial charge >= 0.3 is 0 Å². The SMILES string of the molecule is COc1cccc(CNC(=O)[C@@H]2C[C@]3(CCN(S(C)(=O)=O)C3)C(=O)N2)c1. The smallest absolute Gasteiger partial charge is 0.242 e. The molecule has 1 spiro atoms. The second kappa shape index (κ2) is 6.88. The summed E-state index contributed by atoms with van der Waals surface area (Å²) >= 11 is 0. The third-order valence-corrected chi connectivity index (χ3v) is 6.34. The van der Waals surface area contributed by atoms with Crippen molar-refractivity contribution in [1.82, 2.24) is 14.9 Å². The third-order valence-electron chi connectivity index (χ3n) is 5.09. The molecule has 1 aromatic rings. The first-order chi connectivity index (χ1) is 12.2. The van der Waals surface area contributed by atoms with Gasteiger partial charge in [0.1, 0.15) is 11.8 Å². The van der Waals surface area contributed by atoms with Crippen LogP contribution in [0.5, 0.6) is 5.75 Å². The van der Waals surface area contributed by atoms with Crippen LogP contribution in [0, 0.1) is 5.41 Å². The van der Waals surface area contributed by atoms with Crippen molar-refractivity contribution in [3.05, 3.63) is 29.8 Å². The number of sulfonamides is 1. The molecule has 3 rings (SSSR count). The number of carbonyl (C=O) groups excluding carboxylic acids is 2. The summed E-state index contributed by atoms with van der Waals surface area (Å²) in [4.78, 5) is 24.9. The Balaban J connectivity index is 1.61. The van der Waals surface area contributed by atoms with Gasteiger partial charge in [0, 0.05) is 19.6 Å². The lowest BCUT2D eigenvalue weighted by molar-refractivity contribution is -0.128. The van der Waals surface area contributed by atoms with Crippen LogP contribution in [0.1, 0.15) is 18.4 Å². The van der Waals surface area contributed by atoms with Gasteiger partial charge in [-0.2, -0.15) is 0 Å². The fraction of sp³-hybridized carbons (Fsp3) is 0.529. The van der Waals surface area contributed by atoms with Crippen LogP contribution in [0.25, 0.3) is 0 Å². The zero-order valence-electron chi connectivity index (χ0n) is 14.8. The van der Waals surface area contributed by atoms with Crippen molar-refractivity contribution in [2.75, 3.05) is 26.5 Å². The first-order valence-corrected chi connectivity index (χ1v) is 10.3. The van der Waals surface area contributed by atoms with E-state index in [1.165, 1.54) is 4.31 Å². The maximum Gasteiger partial charge on any atom is 0.242 e. The molecule has 0 radical (unpaired) electrons. The molecule has 1 aromatic carbocycles. The largest absolute Gasteiger partial charge is 0.497 e. The fourth-order valence-corrected chi connectivity index (χ4v) is 4.47. The summed E-state index contributed by atoms with van der Waals surface area (Å²) < 4.78 is 29.9. The zero-order valence-corrected chi connectivity index (χ0v) is 15.6. The fourth-order valence-electron chi connectivity index (χ4n) is 3.57. The van der Waals surface area contributed by atoms with Gasteiger partial charge in [-0.05, 0) is 30.5 Å².